The zero-order valence-electron chi connectivity index (χ0n) is 19.4. The fourth-order valence-electron chi connectivity index (χ4n) is 4.07. The van der Waals surface area contributed by atoms with Gasteiger partial charge in [-0.25, -0.2) is 9.97 Å². The van der Waals surface area contributed by atoms with Gasteiger partial charge in [0.25, 0.3) is 0 Å². The number of hydrogen-bond acceptors (Lipinski definition) is 9. The maximum Gasteiger partial charge on any atom is 0.353 e. The number of nitrogens with two attached hydrogens (primary N) is 1. The number of aryl methyl sites for hydroxylation is 1. The molecular weight excluding hydrogens is 440 g/mol. The predicted molar refractivity (Wildman–Crippen MR) is 129 cm³/mol. The first-order valence-electron chi connectivity index (χ1n) is 11.2. The summed E-state index contributed by atoms with van der Waals surface area (Å²) in [5.74, 6) is -0.914. The van der Waals surface area contributed by atoms with Crippen molar-refractivity contribution in [2.45, 2.75) is 32.7 Å². The first-order valence-corrected chi connectivity index (χ1v) is 11.2. The summed E-state index contributed by atoms with van der Waals surface area (Å²) in [6.45, 7) is 6.00. The van der Waals surface area contributed by atoms with Crippen LogP contribution in [-0.4, -0.2) is 65.5 Å². The summed E-state index contributed by atoms with van der Waals surface area (Å²) < 4.78 is 0. The van der Waals surface area contributed by atoms with E-state index in [1.165, 1.54) is 6.33 Å². The van der Waals surface area contributed by atoms with Crippen molar-refractivity contribution in [2.75, 3.05) is 47.8 Å². The molecule has 3 rings (SSSR count). The molecule has 0 spiro atoms. The number of nitro groups is 1. The molecule has 4 N–H and O–H groups in total. The van der Waals surface area contributed by atoms with Gasteiger partial charge in [-0.3, -0.25) is 19.7 Å². The first kappa shape index (κ1) is 24.7. The minimum absolute atomic E-state index is 0.0743. The summed E-state index contributed by atoms with van der Waals surface area (Å²) in [6.07, 6.45) is 2.39. The number of nitrogens with one attached hydrogen (secondary N) is 2. The third-order valence-electron chi connectivity index (χ3n) is 5.67. The van der Waals surface area contributed by atoms with Crippen LogP contribution in [0.2, 0.25) is 0 Å². The van der Waals surface area contributed by atoms with E-state index in [0.29, 0.717) is 32.5 Å². The van der Waals surface area contributed by atoms with Crippen molar-refractivity contribution in [3.63, 3.8) is 0 Å². The minimum atomic E-state index is -0.683. The molecule has 182 valence electrons. The Bertz CT molecular complexity index is 1050. The molecular formula is C22H30N8O4. The van der Waals surface area contributed by atoms with E-state index in [0.717, 1.165) is 17.8 Å². The summed E-state index contributed by atoms with van der Waals surface area (Å²) in [6, 6.07) is 7.46. The summed E-state index contributed by atoms with van der Waals surface area (Å²) in [5.41, 5.74) is 7.05. The lowest BCUT2D eigenvalue weighted by Gasteiger charge is -2.25. The van der Waals surface area contributed by atoms with E-state index in [-0.39, 0.29) is 23.9 Å². The van der Waals surface area contributed by atoms with Gasteiger partial charge in [-0.15, -0.1) is 0 Å². The van der Waals surface area contributed by atoms with Gasteiger partial charge < -0.3 is 26.2 Å². The number of aromatic nitrogens is 2. The van der Waals surface area contributed by atoms with Gasteiger partial charge in [0.1, 0.15) is 12.4 Å². The Morgan fingerprint density at radius 3 is 2.82 bits per heavy atom. The molecule has 1 aliphatic heterocycles. The standard InChI is InChI=1S/C22H30N8O4/c1-3-28(16-7-4-6-15(2)12-16)11-9-24-20-19(30(33)34)21(27-14-26-20)29-10-5-8-17(29)22(32)25-13-18(23)31/h4,6-7,12,14,17H,3,5,8-11,13H2,1-2H3,(H2,23,31)(H,25,32)(H,24,26,27). The molecule has 1 fully saturated rings. The number of rotatable bonds is 11. The van der Waals surface area contributed by atoms with E-state index in [1.54, 1.807) is 4.90 Å². The lowest BCUT2D eigenvalue weighted by atomic mass is 10.2. The average molecular weight is 471 g/mol. The number of amides is 2. The molecule has 34 heavy (non-hydrogen) atoms. The van der Waals surface area contributed by atoms with Crippen molar-refractivity contribution >= 4 is 34.8 Å². The molecule has 0 saturated carbocycles. The maximum absolute atomic E-state index is 12.5. The maximum atomic E-state index is 12.5. The molecule has 0 aliphatic carbocycles. The topological polar surface area (TPSA) is 160 Å². The zero-order valence-corrected chi connectivity index (χ0v) is 19.4. The van der Waals surface area contributed by atoms with Gasteiger partial charge in [-0.1, -0.05) is 12.1 Å². The zero-order chi connectivity index (χ0) is 24.7. The minimum Gasteiger partial charge on any atom is -0.370 e. The van der Waals surface area contributed by atoms with Gasteiger partial charge >= 0.3 is 5.69 Å². The van der Waals surface area contributed by atoms with Crippen molar-refractivity contribution in [3.05, 3.63) is 46.3 Å². The predicted octanol–water partition coefficient (Wildman–Crippen LogP) is 1.20. The molecule has 1 atom stereocenters. The average Bonchev–Trinajstić information content (AvgIpc) is 3.30. The van der Waals surface area contributed by atoms with Crippen LogP contribution in [0.15, 0.2) is 30.6 Å². The molecule has 0 bridgehead atoms. The normalized spacial score (nSPS) is 15.1. The molecule has 2 heterocycles. The SMILES string of the molecule is CCN(CCNc1ncnc(N2CCCC2C(=O)NCC(N)=O)c1[N+](=O)[O-])c1cccc(C)c1. The van der Waals surface area contributed by atoms with Crippen molar-refractivity contribution in [1.82, 2.24) is 15.3 Å². The third kappa shape index (κ3) is 5.88. The van der Waals surface area contributed by atoms with Crippen LogP contribution in [0.3, 0.4) is 0 Å². The van der Waals surface area contributed by atoms with E-state index in [1.807, 2.05) is 32.0 Å². The molecule has 1 saturated heterocycles. The largest absolute Gasteiger partial charge is 0.370 e. The number of hydrogen-bond donors (Lipinski definition) is 3. The second kappa shape index (κ2) is 11.3. The number of benzene rings is 1. The summed E-state index contributed by atoms with van der Waals surface area (Å²) in [5, 5.41) is 17.5. The number of likely N-dealkylation sites (N-methyl/N-ethyl adjacent to an activating group) is 1. The van der Waals surface area contributed by atoms with Crippen molar-refractivity contribution < 1.29 is 14.5 Å². The number of carbonyl (C=O) groups is 2. The van der Waals surface area contributed by atoms with Crippen LogP contribution in [0.5, 0.6) is 0 Å². The van der Waals surface area contributed by atoms with Gasteiger partial charge in [0, 0.05) is 31.9 Å². The lowest BCUT2D eigenvalue weighted by Crippen LogP contribution is -2.46. The highest BCUT2D eigenvalue weighted by molar-refractivity contribution is 5.90. The summed E-state index contributed by atoms with van der Waals surface area (Å²) in [4.78, 5) is 47.0. The van der Waals surface area contributed by atoms with Crippen molar-refractivity contribution in [3.8, 4) is 0 Å². The molecule has 0 radical (unpaired) electrons. The van der Waals surface area contributed by atoms with Gasteiger partial charge in [0.2, 0.25) is 23.5 Å². The smallest absolute Gasteiger partial charge is 0.353 e. The van der Waals surface area contributed by atoms with Crippen LogP contribution in [0.1, 0.15) is 25.3 Å². The van der Waals surface area contributed by atoms with Crippen LogP contribution in [-0.2, 0) is 9.59 Å². The Kier molecular flexibility index (Phi) is 8.17. The highest BCUT2D eigenvalue weighted by atomic mass is 16.6. The Morgan fingerprint density at radius 1 is 1.35 bits per heavy atom. The van der Waals surface area contributed by atoms with E-state index in [9.17, 15) is 19.7 Å². The molecule has 12 heteroatoms. The highest BCUT2D eigenvalue weighted by Crippen LogP contribution is 2.35. The van der Waals surface area contributed by atoms with Crippen molar-refractivity contribution in [2.24, 2.45) is 5.73 Å². The van der Waals surface area contributed by atoms with Gasteiger partial charge in [0.05, 0.1) is 11.5 Å². The number of anilines is 3. The molecule has 1 aromatic carbocycles. The van der Waals surface area contributed by atoms with Gasteiger partial charge in [0.15, 0.2) is 0 Å². The highest BCUT2D eigenvalue weighted by Gasteiger charge is 2.37. The number of primary amides is 1. The molecule has 1 unspecified atom stereocenters. The van der Waals surface area contributed by atoms with Crippen LogP contribution >= 0.6 is 0 Å². The second-order valence-corrected chi connectivity index (χ2v) is 8.03. The van der Waals surface area contributed by atoms with E-state index >= 15 is 0 Å². The molecule has 2 amide bonds. The molecule has 1 aliphatic rings. The van der Waals surface area contributed by atoms with Crippen LogP contribution in [0, 0.1) is 17.0 Å². The number of carbonyl (C=O) groups excluding carboxylic acids is 2. The Hall–Kier alpha value is -3.96. The quantitative estimate of drug-likeness (QED) is 0.324. The molecule has 1 aromatic heterocycles. The fourth-order valence-corrected chi connectivity index (χ4v) is 4.07. The Balaban J connectivity index is 1.76. The summed E-state index contributed by atoms with van der Waals surface area (Å²) in [7, 11) is 0. The fraction of sp³-hybridized carbons (Fsp3) is 0.455. The number of nitrogens with zero attached hydrogens (tertiary/aromatic N) is 5. The van der Waals surface area contributed by atoms with E-state index in [2.05, 4.69) is 31.6 Å². The van der Waals surface area contributed by atoms with Crippen molar-refractivity contribution in [1.29, 1.82) is 0 Å². The van der Waals surface area contributed by atoms with Gasteiger partial charge in [-0.05, 0) is 44.4 Å². The third-order valence-corrected chi connectivity index (χ3v) is 5.67. The monoisotopic (exact) mass is 470 g/mol. The van der Waals surface area contributed by atoms with Crippen LogP contribution < -0.4 is 26.2 Å². The van der Waals surface area contributed by atoms with Gasteiger partial charge in [-0.2, -0.15) is 0 Å². The van der Waals surface area contributed by atoms with E-state index in [4.69, 9.17) is 5.73 Å². The summed E-state index contributed by atoms with van der Waals surface area (Å²) >= 11 is 0. The van der Waals surface area contributed by atoms with Crippen LogP contribution in [0.4, 0.5) is 23.0 Å². The molecule has 12 nitrogen and oxygen atoms in total. The van der Waals surface area contributed by atoms with Crippen LogP contribution in [0.25, 0.3) is 0 Å². The van der Waals surface area contributed by atoms with E-state index < -0.39 is 22.8 Å². The Labute approximate surface area is 197 Å². The second-order valence-electron chi connectivity index (χ2n) is 8.03. The molecule has 2 aromatic rings. The Morgan fingerprint density at radius 2 is 2.15 bits per heavy atom. The lowest BCUT2D eigenvalue weighted by molar-refractivity contribution is -0.383. The first-order chi connectivity index (χ1) is 16.3.